The van der Waals surface area contributed by atoms with Crippen LogP contribution < -0.4 is 5.73 Å². The van der Waals surface area contributed by atoms with Crippen LogP contribution >= 0.6 is 24.0 Å². The Hall–Kier alpha value is -1.37. The summed E-state index contributed by atoms with van der Waals surface area (Å²) < 4.78 is 13.1. The minimum atomic E-state index is -0.470. The molecule has 0 radical (unpaired) electrons. The fraction of sp³-hybridized carbons (Fsp3) is 0.556. The standard InChI is InChI=1S/C18H23ClFN3O2.ClH/c19-16-11-13(20)4-5-15(16)18(25)23-8-6-22(7-9-23)17(24)12-2-1-3-14(21)10-12;/h4-5,11-12,14H,1-3,6-10,21H2;1H. The topological polar surface area (TPSA) is 66.6 Å². The van der Waals surface area contributed by atoms with Gasteiger partial charge in [-0.25, -0.2) is 4.39 Å². The minimum absolute atomic E-state index is 0. The van der Waals surface area contributed by atoms with E-state index < -0.39 is 5.82 Å². The molecule has 2 aliphatic rings. The lowest BCUT2D eigenvalue weighted by Gasteiger charge is -2.38. The average molecular weight is 404 g/mol. The van der Waals surface area contributed by atoms with Crippen molar-refractivity contribution in [3.63, 3.8) is 0 Å². The number of carbonyl (C=O) groups excluding carboxylic acids is 2. The molecule has 1 aliphatic carbocycles. The number of nitrogens with two attached hydrogens (primary N) is 1. The Morgan fingerprint density at radius 2 is 1.77 bits per heavy atom. The van der Waals surface area contributed by atoms with Gasteiger partial charge in [0.2, 0.25) is 5.91 Å². The minimum Gasteiger partial charge on any atom is -0.339 e. The van der Waals surface area contributed by atoms with Crippen molar-refractivity contribution in [1.29, 1.82) is 0 Å². The van der Waals surface area contributed by atoms with E-state index in [1.54, 1.807) is 4.90 Å². The zero-order valence-corrected chi connectivity index (χ0v) is 16.1. The Morgan fingerprint density at radius 1 is 1.12 bits per heavy atom. The van der Waals surface area contributed by atoms with Gasteiger partial charge in [0.05, 0.1) is 10.6 Å². The summed E-state index contributed by atoms with van der Waals surface area (Å²) in [5.74, 6) is -0.529. The number of amides is 2. The van der Waals surface area contributed by atoms with E-state index in [0.29, 0.717) is 31.7 Å². The summed E-state index contributed by atoms with van der Waals surface area (Å²) in [6.45, 7) is 1.93. The maximum absolute atomic E-state index is 13.1. The lowest BCUT2D eigenvalue weighted by Crippen LogP contribution is -2.52. The molecule has 5 nitrogen and oxygen atoms in total. The maximum Gasteiger partial charge on any atom is 0.255 e. The highest BCUT2D eigenvalue weighted by Crippen LogP contribution is 2.26. The second-order valence-corrected chi connectivity index (χ2v) is 7.27. The predicted octanol–water partition coefficient (Wildman–Crippen LogP) is 2.70. The fourth-order valence-corrected chi connectivity index (χ4v) is 3.92. The van der Waals surface area contributed by atoms with Crippen molar-refractivity contribution in [2.45, 2.75) is 31.7 Å². The first kappa shape index (κ1) is 20.9. The van der Waals surface area contributed by atoms with Gasteiger partial charge in [0.1, 0.15) is 5.82 Å². The van der Waals surface area contributed by atoms with Crippen molar-refractivity contribution in [3.05, 3.63) is 34.6 Å². The summed E-state index contributed by atoms with van der Waals surface area (Å²) in [6, 6.07) is 3.89. The van der Waals surface area contributed by atoms with Gasteiger partial charge in [-0.1, -0.05) is 18.0 Å². The van der Waals surface area contributed by atoms with Gasteiger partial charge in [0, 0.05) is 38.1 Å². The van der Waals surface area contributed by atoms with Crippen LogP contribution in [0.15, 0.2) is 18.2 Å². The monoisotopic (exact) mass is 403 g/mol. The Bertz CT molecular complexity index is 666. The Kier molecular flexibility index (Phi) is 7.26. The summed E-state index contributed by atoms with van der Waals surface area (Å²) >= 11 is 5.97. The molecule has 1 heterocycles. The molecule has 0 bridgehead atoms. The molecule has 1 saturated carbocycles. The largest absolute Gasteiger partial charge is 0.339 e. The van der Waals surface area contributed by atoms with Gasteiger partial charge in [-0.2, -0.15) is 0 Å². The van der Waals surface area contributed by atoms with E-state index in [-0.39, 0.29) is 41.2 Å². The highest BCUT2D eigenvalue weighted by atomic mass is 35.5. The molecule has 1 aromatic rings. The highest BCUT2D eigenvalue weighted by Gasteiger charge is 2.32. The third kappa shape index (κ3) is 4.67. The molecule has 2 atom stereocenters. The second kappa shape index (κ2) is 9.02. The zero-order valence-electron chi connectivity index (χ0n) is 14.5. The van der Waals surface area contributed by atoms with Crippen LogP contribution in [0.5, 0.6) is 0 Å². The molecule has 1 aromatic carbocycles. The molecule has 0 aromatic heterocycles. The Morgan fingerprint density at radius 3 is 2.38 bits per heavy atom. The van der Waals surface area contributed by atoms with Gasteiger partial charge in [0.25, 0.3) is 5.91 Å². The summed E-state index contributed by atoms with van der Waals surface area (Å²) in [5.41, 5.74) is 6.27. The number of rotatable bonds is 2. The molecule has 0 spiro atoms. The van der Waals surface area contributed by atoms with Crippen LogP contribution in [-0.4, -0.2) is 53.8 Å². The number of piperazine rings is 1. The van der Waals surface area contributed by atoms with E-state index >= 15 is 0 Å². The molecule has 144 valence electrons. The molecule has 2 amide bonds. The van der Waals surface area contributed by atoms with Gasteiger partial charge in [-0.15, -0.1) is 12.4 Å². The summed E-state index contributed by atoms with van der Waals surface area (Å²) in [6.07, 6.45) is 3.64. The average Bonchev–Trinajstić information content (AvgIpc) is 2.61. The highest BCUT2D eigenvalue weighted by molar-refractivity contribution is 6.33. The number of halogens is 3. The van der Waals surface area contributed by atoms with Crippen LogP contribution in [0.1, 0.15) is 36.0 Å². The first-order chi connectivity index (χ1) is 12.0. The molecule has 1 saturated heterocycles. The number of carbonyl (C=O) groups is 2. The van der Waals surface area contributed by atoms with E-state index in [1.807, 2.05) is 4.90 Å². The lowest BCUT2D eigenvalue weighted by atomic mass is 9.85. The van der Waals surface area contributed by atoms with Crippen molar-refractivity contribution in [3.8, 4) is 0 Å². The SMILES string of the molecule is Cl.NC1CCCC(C(=O)N2CCN(C(=O)c3ccc(F)cc3Cl)CC2)C1. The molecule has 26 heavy (non-hydrogen) atoms. The molecular formula is C18H24Cl2FN3O2. The Labute approximate surface area is 164 Å². The van der Waals surface area contributed by atoms with E-state index in [4.69, 9.17) is 17.3 Å². The normalized spacial score (nSPS) is 23.3. The van der Waals surface area contributed by atoms with Gasteiger partial charge < -0.3 is 15.5 Å². The summed E-state index contributed by atoms with van der Waals surface area (Å²) in [4.78, 5) is 28.7. The van der Waals surface area contributed by atoms with Crippen LogP contribution in [-0.2, 0) is 4.79 Å². The lowest BCUT2D eigenvalue weighted by molar-refractivity contribution is -0.138. The van der Waals surface area contributed by atoms with Gasteiger partial charge >= 0.3 is 0 Å². The molecule has 1 aliphatic heterocycles. The van der Waals surface area contributed by atoms with Gasteiger partial charge in [0.15, 0.2) is 0 Å². The van der Waals surface area contributed by atoms with E-state index in [1.165, 1.54) is 12.1 Å². The van der Waals surface area contributed by atoms with Crippen LogP contribution in [0.4, 0.5) is 4.39 Å². The van der Waals surface area contributed by atoms with Crippen molar-refractivity contribution in [2.75, 3.05) is 26.2 Å². The number of benzene rings is 1. The van der Waals surface area contributed by atoms with Gasteiger partial charge in [-0.3, -0.25) is 9.59 Å². The van der Waals surface area contributed by atoms with Crippen LogP contribution in [0.25, 0.3) is 0 Å². The molecule has 8 heteroatoms. The quantitative estimate of drug-likeness (QED) is 0.825. The van der Waals surface area contributed by atoms with Crippen LogP contribution in [0, 0.1) is 11.7 Å². The zero-order chi connectivity index (χ0) is 18.0. The summed E-state index contributed by atoms with van der Waals surface area (Å²) in [5, 5.41) is 0.111. The predicted molar refractivity (Wildman–Crippen MR) is 101 cm³/mol. The van der Waals surface area contributed by atoms with E-state index in [0.717, 1.165) is 31.7 Å². The maximum atomic E-state index is 13.1. The summed E-state index contributed by atoms with van der Waals surface area (Å²) in [7, 11) is 0. The number of nitrogens with zero attached hydrogens (tertiary/aromatic N) is 2. The third-order valence-corrected chi connectivity index (χ3v) is 5.42. The molecular weight excluding hydrogens is 380 g/mol. The smallest absolute Gasteiger partial charge is 0.255 e. The van der Waals surface area contributed by atoms with Crippen molar-refractivity contribution in [1.82, 2.24) is 9.80 Å². The van der Waals surface area contributed by atoms with Crippen LogP contribution in [0.3, 0.4) is 0 Å². The first-order valence-corrected chi connectivity index (χ1v) is 9.12. The molecule has 2 N–H and O–H groups in total. The molecule has 2 fully saturated rings. The fourth-order valence-electron chi connectivity index (χ4n) is 3.67. The van der Waals surface area contributed by atoms with E-state index in [9.17, 15) is 14.0 Å². The van der Waals surface area contributed by atoms with Crippen molar-refractivity contribution >= 4 is 35.8 Å². The molecule has 3 rings (SSSR count). The Balaban J connectivity index is 0.00000243. The van der Waals surface area contributed by atoms with E-state index in [2.05, 4.69) is 0 Å². The third-order valence-electron chi connectivity index (χ3n) is 5.10. The van der Waals surface area contributed by atoms with Crippen molar-refractivity contribution < 1.29 is 14.0 Å². The second-order valence-electron chi connectivity index (χ2n) is 6.87. The first-order valence-electron chi connectivity index (χ1n) is 8.74. The number of hydrogen-bond acceptors (Lipinski definition) is 3. The number of hydrogen-bond donors (Lipinski definition) is 1. The molecule has 2 unspecified atom stereocenters. The van der Waals surface area contributed by atoms with Crippen LogP contribution in [0.2, 0.25) is 5.02 Å². The van der Waals surface area contributed by atoms with Gasteiger partial charge in [-0.05, 0) is 37.5 Å². The van der Waals surface area contributed by atoms with Crippen molar-refractivity contribution in [2.24, 2.45) is 11.7 Å².